The van der Waals surface area contributed by atoms with Crippen molar-refractivity contribution in [2.45, 2.75) is 27.2 Å². The second kappa shape index (κ2) is 7.47. The molecule has 0 aromatic heterocycles. The first kappa shape index (κ1) is 16.8. The molecule has 0 amide bonds. The smallest absolute Gasteiger partial charge is 0.378 e. The summed E-state index contributed by atoms with van der Waals surface area (Å²) < 4.78 is 9.95. The van der Waals surface area contributed by atoms with Gasteiger partial charge in [0.15, 0.2) is 0 Å². The summed E-state index contributed by atoms with van der Waals surface area (Å²) >= 11 is 0. The normalized spacial score (nSPS) is 11.1. The molecule has 0 bridgehead atoms. The van der Waals surface area contributed by atoms with Crippen LogP contribution in [0.5, 0.6) is 5.75 Å². The molecule has 0 radical (unpaired) electrons. The highest BCUT2D eigenvalue weighted by atomic mass is 16.5. The minimum atomic E-state index is -1.03. The number of ketones is 1. The van der Waals surface area contributed by atoms with Gasteiger partial charge in [-0.2, -0.15) is 0 Å². The van der Waals surface area contributed by atoms with Crippen LogP contribution in [0.25, 0.3) is 5.76 Å². The van der Waals surface area contributed by atoms with Crippen LogP contribution in [0.4, 0.5) is 0 Å². The summed E-state index contributed by atoms with van der Waals surface area (Å²) in [6.07, 6.45) is 1.66. The van der Waals surface area contributed by atoms with E-state index < -0.39 is 11.8 Å². The van der Waals surface area contributed by atoms with Crippen LogP contribution in [0.3, 0.4) is 0 Å². The molecule has 0 aliphatic rings. The van der Waals surface area contributed by atoms with E-state index in [2.05, 4.69) is 4.74 Å². The fourth-order valence-corrected chi connectivity index (χ4v) is 1.90. The van der Waals surface area contributed by atoms with Crippen LogP contribution in [0.1, 0.15) is 30.0 Å². The standard InChI is InChI=1S/C16H20O5/c1-5-6-21-15-11(3)7-10(2)8-12(15)13(17)9-14(18)16(19)20-4/h7-9,17H,5-6H2,1-4H3/b13-9+. The van der Waals surface area contributed by atoms with Crippen LogP contribution in [-0.2, 0) is 14.3 Å². The summed E-state index contributed by atoms with van der Waals surface area (Å²) in [4.78, 5) is 22.6. The van der Waals surface area contributed by atoms with Gasteiger partial charge in [-0.15, -0.1) is 0 Å². The Morgan fingerprint density at radius 3 is 2.52 bits per heavy atom. The molecule has 1 N–H and O–H groups in total. The average Bonchev–Trinajstić information content (AvgIpc) is 2.44. The van der Waals surface area contributed by atoms with Crippen molar-refractivity contribution in [1.82, 2.24) is 0 Å². The molecule has 0 aliphatic heterocycles. The number of ether oxygens (including phenoxy) is 2. The number of rotatable bonds is 6. The van der Waals surface area contributed by atoms with Gasteiger partial charge in [-0.3, -0.25) is 4.79 Å². The first-order valence-electron chi connectivity index (χ1n) is 6.68. The highest BCUT2D eigenvalue weighted by Crippen LogP contribution is 2.30. The molecule has 0 fully saturated rings. The molecular weight excluding hydrogens is 272 g/mol. The van der Waals surface area contributed by atoms with Crippen molar-refractivity contribution in [3.05, 3.63) is 34.9 Å². The zero-order chi connectivity index (χ0) is 16.0. The van der Waals surface area contributed by atoms with Crippen molar-refractivity contribution in [1.29, 1.82) is 0 Å². The lowest BCUT2D eigenvalue weighted by Gasteiger charge is -2.14. The highest BCUT2D eigenvalue weighted by molar-refractivity contribution is 6.39. The van der Waals surface area contributed by atoms with Gasteiger partial charge in [-0.05, 0) is 37.5 Å². The summed E-state index contributed by atoms with van der Waals surface area (Å²) in [5.41, 5.74) is 2.15. The Bertz CT molecular complexity index is 572. The number of aliphatic hydroxyl groups excluding tert-OH is 1. The maximum Gasteiger partial charge on any atom is 0.378 e. The number of esters is 1. The van der Waals surface area contributed by atoms with E-state index in [-0.39, 0.29) is 5.76 Å². The summed E-state index contributed by atoms with van der Waals surface area (Å²) in [5, 5.41) is 10.1. The third-order valence-corrected chi connectivity index (χ3v) is 2.80. The Kier molecular flexibility index (Phi) is 5.96. The quantitative estimate of drug-likeness (QED) is 0.378. The fourth-order valence-electron chi connectivity index (χ4n) is 1.90. The number of benzene rings is 1. The molecule has 1 aromatic rings. The van der Waals surface area contributed by atoms with Gasteiger partial charge in [0.25, 0.3) is 5.78 Å². The topological polar surface area (TPSA) is 72.8 Å². The molecular formula is C16H20O5. The SMILES string of the molecule is CCCOc1c(C)cc(C)cc1/C(O)=C\C(=O)C(=O)OC. The third-order valence-electron chi connectivity index (χ3n) is 2.80. The Balaban J connectivity index is 3.23. The highest BCUT2D eigenvalue weighted by Gasteiger charge is 2.17. The first-order chi connectivity index (χ1) is 9.90. The molecule has 5 nitrogen and oxygen atoms in total. The van der Waals surface area contributed by atoms with E-state index in [0.29, 0.717) is 17.9 Å². The van der Waals surface area contributed by atoms with E-state index in [9.17, 15) is 14.7 Å². The predicted molar refractivity (Wildman–Crippen MR) is 79.3 cm³/mol. The number of hydrogen-bond donors (Lipinski definition) is 1. The van der Waals surface area contributed by atoms with Gasteiger partial charge in [0.2, 0.25) is 0 Å². The van der Waals surface area contributed by atoms with E-state index in [4.69, 9.17) is 4.74 Å². The van der Waals surface area contributed by atoms with Gasteiger partial charge < -0.3 is 14.6 Å². The maximum atomic E-state index is 11.5. The largest absolute Gasteiger partial charge is 0.507 e. The first-order valence-corrected chi connectivity index (χ1v) is 6.68. The molecule has 0 unspecified atom stereocenters. The summed E-state index contributed by atoms with van der Waals surface area (Å²) in [6.45, 7) is 6.20. The molecule has 0 atom stereocenters. The Morgan fingerprint density at radius 2 is 1.95 bits per heavy atom. The Labute approximate surface area is 124 Å². The molecule has 0 saturated carbocycles. The van der Waals surface area contributed by atoms with Gasteiger partial charge in [0.1, 0.15) is 11.5 Å². The summed E-state index contributed by atoms with van der Waals surface area (Å²) in [7, 11) is 1.11. The van der Waals surface area contributed by atoms with Crippen molar-refractivity contribution in [3.8, 4) is 5.75 Å². The van der Waals surface area contributed by atoms with E-state index >= 15 is 0 Å². The van der Waals surface area contributed by atoms with Crippen molar-refractivity contribution in [2.75, 3.05) is 13.7 Å². The zero-order valence-electron chi connectivity index (χ0n) is 12.7. The predicted octanol–water partition coefficient (Wildman–Crippen LogP) is 2.73. The number of carbonyl (C=O) groups excluding carboxylic acids is 2. The van der Waals surface area contributed by atoms with Crippen molar-refractivity contribution in [2.24, 2.45) is 0 Å². The van der Waals surface area contributed by atoms with E-state index in [1.807, 2.05) is 26.8 Å². The summed E-state index contributed by atoms with van der Waals surface area (Å²) in [6, 6.07) is 3.62. The maximum absolute atomic E-state index is 11.5. The molecule has 114 valence electrons. The minimum Gasteiger partial charge on any atom is -0.507 e. The van der Waals surface area contributed by atoms with E-state index in [0.717, 1.165) is 30.7 Å². The molecule has 0 heterocycles. The fraction of sp³-hybridized carbons (Fsp3) is 0.375. The van der Waals surface area contributed by atoms with Crippen molar-refractivity contribution in [3.63, 3.8) is 0 Å². The molecule has 0 spiro atoms. The average molecular weight is 292 g/mol. The lowest BCUT2D eigenvalue weighted by molar-refractivity contribution is -0.149. The van der Waals surface area contributed by atoms with Crippen molar-refractivity contribution < 1.29 is 24.2 Å². The second-order valence-electron chi connectivity index (χ2n) is 4.69. The van der Waals surface area contributed by atoms with Gasteiger partial charge in [0, 0.05) is 6.08 Å². The molecule has 1 aromatic carbocycles. The number of aliphatic hydroxyl groups is 1. The molecule has 0 saturated heterocycles. The van der Waals surface area contributed by atoms with Gasteiger partial charge in [-0.1, -0.05) is 13.0 Å². The van der Waals surface area contributed by atoms with Gasteiger partial charge >= 0.3 is 5.97 Å². The van der Waals surface area contributed by atoms with E-state index in [1.165, 1.54) is 0 Å². The Morgan fingerprint density at radius 1 is 1.29 bits per heavy atom. The van der Waals surface area contributed by atoms with Crippen LogP contribution >= 0.6 is 0 Å². The number of hydrogen-bond acceptors (Lipinski definition) is 5. The number of carbonyl (C=O) groups is 2. The Hall–Kier alpha value is -2.30. The molecule has 1 rings (SSSR count). The van der Waals surface area contributed by atoms with E-state index in [1.54, 1.807) is 6.07 Å². The molecule has 0 aliphatic carbocycles. The number of aryl methyl sites for hydroxylation is 2. The lowest BCUT2D eigenvalue weighted by atomic mass is 10.0. The lowest BCUT2D eigenvalue weighted by Crippen LogP contribution is -2.13. The van der Waals surface area contributed by atoms with Crippen LogP contribution in [-0.4, -0.2) is 30.6 Å². The molecule has 5 heteroatoms. The van der Waals surface area contributed by atoms with Crippen LogP contribution < -0.4 is 4.74 Å². The summed E-state index contributed by atoms with van der Waals surface area (Å²) in [5.74, 6) is -1.75. The monoisotopic (exact) mass is 292 g/mol. The minimum absolute atomic E-state index is 0.316. The zero-order valence-corrected chi connectivity index (χ0v) is 12.7. The van der Waals surface area contributed by atoms with Crippen LogP contribution in [0.2, 0.25) is 0 Å². The molecule has 21 heavy (non-hydrogen) atoms. The van der Waals surface area contributed by atoms with Crippen LogP contribution in [0, 0.1) is 13.8 Å². The third kappa shape index (κ3) is 4.34. The van der Waals surface area contributed by atoms with Gasteiger partial charge in [-0.25, -0.2) is 4.79 Å². The van der Waals surface area contributed by atoms with Gasteiger partial charge in [0.05, 0.1) is 19.3 Å². The number of methoxy groups -OCH3 is 1. The second-order valence-corrected chi connectivity index (χ2v) is 4.69. The van der Waals surface area contributed by atoms with Crippen LogP contribution in [0.15, 0.2) is 18.2 Å². The van der Waals surface area contributed by atoms with Crippen molar-refractivity contribution >= 4 is 17.5 Å².